The van der Waals surface area contributed by atoms with Crippen LogP contribution in [0.25, 0.3) is 10.8 Å². The van der Waals surface area contributed by atoms with E-state index in [2.05, 4.69) is 5.10 Å². The van der Waals surface area contributed by atoms with Gasteiger partial charge in [-0.15, -0.1) is 0 Å². The van der Waals surface area contributed by atoms with Gasteiger partial charge in [0.05, 0.1) is 16.9 Å². The van der Waals surface area contributed by atoms with Crippen molar-refractivity contribution >= 4 is 32.5 Å². The molecule has 1 fully saturated rings. The Balaban J connectivity index is 1.78. The second-order valence-corrected chi connectivity index (χ2v) is 9.06. The second-order valence-electron chi connectivity index (χ2n) is 6.83. The van der Waals surface area contributed by atoms with Crippen molar-refractivity contribution in [2.24, 2.45) is 0 Å². The Hall–Kier alpha value is -2.75. The fraction of sp³-hybridized carbons (Fsp3) is 0.474. The molecule has 10 heteroatoms. The van der Waals surface area contributed by atoms with E-state index in [1.54, 1.807) is 38.1 Å². The molecule has 0 bridgehead atoms. The Kier molecular flexibility index (Phi) is 6.02. The molecule has 156 valence electrons. The number of likely N-dealkylation sites (N-methyl/N-ethyl adjacent to an activating group) is 1. The maximum absolute atomic E-state index is 12.6. The summed E-state index contributed by atoms with van der Waals surface area (Å²) in [5, 5.41) is 4.78. The largest absolute Gasteiger partial charge is 0.451 e. The van der Waals surface area contributed by atoms with E-state index in [1.165, 1.54) is 9.58 Å². The van der Waals surface area contributed by atoms with Crippen LogP contribution in [0.15, 0.2) is 29.1 Å². The lowest BCUT2D eigenvalue weighted by Gasteiger charge is -2.26. The summed E-state index contributed by atoms with van der Waals surface area (Å²) >= 11 is 0. The summed E-state index contributed by atoms with van der Waals surface area (Å²) in [6.07, 6.45) is 0.378. The number of ether oxygens (including phenoxy) is 1. The highest BCUT2D eigenvalue weighted by atomic mass is 32.2. The summed E-state index contributed by atoms with van der Waals surface area (Å²) in [7, 11) is -3.14. The van der Waals surface area contributed by atoms with E-state index in [4.69, 9.17) is 4.74 Å². The molecule has 0 unspecified atom stereocenters. The van der Waals surface area contributed by atoms with E-state index >= 15 is 0 Å². The number of hydrogen-bond acceptors (Lipinski definition) is 7. The number of rotatable bonds is 6. The Morgan fingerprint density at radius 2 is 1.93 bits per heavy atom. The van der Waals surface area contributed by atoms with Crippen LogP contribution in [0.2, 0.25) is 0 Å². The Morgan fingerprint density at radius 1 is 1.24 bits per heavy atom. The number of nitrogens with zero attached hydrogens (tertiary/aromatic N) is 3. The van der Waals surface area contributed by atoms with E-state index in [0.29, 0.717) is 23.7 Å². The van der Waals surface area contributed by atoms with Gasteiger partial charge >= 0.3 is 5.97 Å². The van der Waals surface area contributed by atoms with Gasteiger partial charge < -0.3 is 9.64 Å². The molecular weight excluding hydrogens is 398 g/mol. The normalized spacial score (nSPS) is 17.9. The molecule has 1 aromatic carbocycles. The first-order valence-corrected chi connectivity index (χ1v) is 11.3. The number of fused-ring (bicyclic) bond motifs is 1. The highest BCUT2D eigenvalue weighted by Gasteiger charge is 2.34. The number of hydrogen-bond donors (Lipinski definition) is 0. The van der Waals surface area contributed by atoms with Crippen molar-refractivity contribution in [2.45, 2.75) is 32.9 Å². The lowest BCUT2D eigenvalue weighted by molar-refractivity contribution is -0.136. The predicted octanol–water partition coefficient (Wildman–Crippen LogP) is 0.609. The van der Waals surface area contributed by atoms with Crippen LogP contribution in [0, 0.1) is 0 Å². The van der Waals surface area contributed by atoms with Gasteiger partial charge in [0.25, 0.3) is 11.5 Å². The fourth-order valence-corrected chi connectivity index (χ4v) is 5.27. The number of sulfone groups is 1. The van der Waals surface area contributed by atoms with Crippen molar-refractivity contribution in [1.29, 1.82) is 0 Å². The second kappa shape index (κ2) is 8.32. The third kappa shape index (κ3) is 4.31. The molecule has 0 radical (unpaired) electrons. The first kappa shape index (κ1) is 21.0. The number of amides is 1. The van der Waals surface area contributed by atoms with Crippen molar-refractivity contribution in [3.05, 3.63) is 40.3 Å². The van der Waals surface area contributed by atoms with Gasteiger partial charge in [0.2, 0.25) is 0 Å². The van der Waals surface area contributed by atoms with Crippen molar-refractivity contribution in [1.82, 2.24) is 14.7 Å². The first-order valence-electron chi connectivity index (χ1n) is 9.44. The number of esters is 1. The van der Waals surface area contributed by atoms with Gasteiger partial charge in [-0.2, -0.15) is 5.10 Å². The summed E-state index contributed by atoms with van der Waals surface area (Å²) < 4.78 is 29.7. The molecule has 3 rings (SSSR count). The monoisotopic (exact) mass is 421 g/mol. The van der Waals surface area contributed by atoms with Crippen LogP contribution in [0.3, 0.4) is 0 Å². The standard InChI is InChI=1S/C19H23N3O6S/c1-3-21(13-9-10-29(26,27)12-13)16(23)11-28-19(25)17-14-7-5-6-8-15(14)18(24)22(4-2)20-17/h5-8,13H,3-4,9-12H2,1-2H3/t13-/m0/s1. The van der Waals surface area contributed by atoms with Gasteiger partial charge in [-0.3, -0.25) is 9.59 Å². The number of carbonyl (C=O) groups excluding carboxylic acids is 2. The minimum Gasteiger partial charge on any atom is -0.451 e. The quantitative estimate of drug-likeness (QED) is 0.628. The smallest absolute Gasteiger partial charge is 0.359 e. The number of aromatic nitrogens is 2. The zero-order valence-electron chi connectivity index (χ0n) is 16.3. The number of carbonyl (C=O) groups is 2. The zero-order valence-corrected chi connectivity index (χ0v) is 17.1. The average molecular weight is 421 g/mol. The van der Waals surface area contributed by atoms with Crippen LogP contribution in [0.5, 0.6) is 0 Å². The number of benzene rings is 1. The molecule has 1 aromatic heterocycles. The molecule has 1 aliphatic heterocycles. The summed E-state index contributed by atoms with van der Waals surface area (Å²) in [6, 6.07) is 6.17. The van der Waals surface area contributed by atoms with Crippen LogP contribution in [0.4, 0.5) is 0 Å². The van der Waals surface area contributed by atoms with E-state index in [1.807, 2.05) is 0 Å². The van der Waals surface area contributed by atoms with Gasteiger partial charge in [0, 0.05) is 24.5 Å². The highest BCUT2D eigenvalue weighted by molar-refractivity contribution is 7.91. The molecule has 2 aromatic rings. The summed E-state index contributed by atoms with van der Waals surface area (Å²) in [6.45, 7) is 3.55. The highest BCUT2D eigenvalue weighted by Crippen LogP contribution is 2.18. The summed E-state index contributed by atoms with van der Waals surface area (Å²) in [5.41, 5.74) is -0.350. The molecule has 0 N–H and O–H groups in total. The maximum Gasteiger partial charge on any atom is 0.359 e. The van der Waals surface area contributed by atoms with Crippen LogP contribution < -0.4 is 5.56 Å². The van der Waals surface area contributed by atoms with Gasteiger partial charge in [-0.05, 0) is 26.3 Å². The minimum atomic E-state index is -3.14. The average Bonchev–Trinajstić information content (AvgIpc) is 3.06. The molecule has 1 amide bonds. The van der Waals surface area contributed by atoms with Crippen LogP contribution in [-0.2, 0) is 25.9 Å². The predicted molar refractivity (Wildman–Crippen MR) is 106 cm³/mol. The van der Waals surface area contributed by atoms with Crippen LogP contribution in [0.1, 0.15) is 30.8 Å². The summed E-state index contributed by atoms with van der Waals surface area (Å²) in [4.78, 5) is 38.9. The lowest BCUT2D eigenvalue weighted by Crippen LogP contribution is -2.43. The molecule has 0 spiro atoms. The van der Waals surface area contributed by atoms with Crippen LogP contribution in [-0.4, -0.2) is 65.7 Å². The Bertz CT molecular complexity index is 1110. The molecular formula is C19H23N3O6S. The van der Waals surface area contributed by atoms with E-state index < -0.39 is 34.4 Å². The number of aryl methyl sites for hydroxylation is 1. The molecule has 1 aliphatic rings. The molecule has 9 nitrogen and oxygen atoms in total. The Morgan fingerprint density at radius 3 is 2.52 bits per heavy atom. The first-order chi connectivity index (χ1) is 13.8. The summed E-state index contributed by atoms with van der Waals surface area (Å²) in [5.74, 6) is -1.30. The van der Waals surface area contributed by atoms with Gasteiger partial charge in [-0.1, -0.05) is 18.2 Å². The van der Waals surface area contributed by atoms with E-state index in [-0.39, 0.29) is 29.3 Å². The SMILES string of the molecule is CCN(C(=O)COC(=O)c1nn(CC)c(=O)c2ccccc12)[C@H]1CCS(=O)(=O)C1. The van der Waals surface area contributed by atoms with E-state index in [9.17, 15) is 22.8 Å². The van der Waals surface area contributed by atoms with Gasteiger partial charge in [0.1, 0.15) is 0 Å². The van der Waals surface area contributed by atoms with Crippen LogP contribution >= 0.6 is 0 Å². The van der Waals surface area contributed by atoms with Crippen molar-refractivity contribution in [3.8, 4) is 0 Å². The molecule has 1 atom stereocenters. The third-order valence-electron chi connectivity index (χ3n) is 5.00. The third-order valence-corrected chi connectivity index (χ3v) is 6.75. The van der Waals surface area contributed by atoms with Crippen molar-refractivity contribution in [2.75, 3.05) is 24.7 Å². The molecule has 0 aliphatic carbocycles. The molecule has 2 heterocycles. The molecule has 1 saturated heterocycles. The van der Waals surface area contributed by atoms with Gasteiger partial charge in [-0.25, -0.2) is 17.9 Å². The maximum atomic E-state index is 12.6. The molecule has 0 saturated carbocycles. The van der Waals surface area contributed by atoms with E-state index in [0.717, 1.165) is 0 Å². The lowest BCUT2D eigenvalue weighted by atomic mass is 10.1. The molecule has 29 heavy (non-hydrogen) atoms. The van der Waals surface area contributed by atoms with Gasteiger partial charge in [0.15, 0.2) is 22.1 Å². The zero-order chi connectivity index (χ0) is 21.2. The Labute approximate surface area is 168 Å². The topological polar surface area (TPSA) is 116 Å². The van der Waals surface area contributed by atoms with Crippen molar-refractivity contribution in [3.63, 3.8) is 0 Å². The van der Waals surface area contributed by atoms with Crippen molar-refractivity contribution < 1.29 is 22.7 Å². The minimum absolute atomic E-state index is 0.0404. The fourth-order valence-electron chi connectivity index (χ4n) is 3.54.